The Bertz CT molecular complexity index is 602. The van der Waals surface area contributed by atoms with E-state index in [1.54, 1.807) is 6.92 Å². The van der Waals surface area contributed by atoms with Crippen LogP contribution in [0.4, 0.5) is 4.39 Å². The van der Waals surface area contributed by atoms with E-state index >= 15 is 0 Å². The highest BCUT2D eigenvalue weighted by Crippen LogP contribution is 2.22. The number of carboxylic acids is 1. The van der Waals surface area contributed by atoms with Crippen LogP contribution in [0.1, 0.15) is 17.3 Å². The minimum absolute atomic E-state index is 0.132. The van der Waals surface area contributed by atoms with Gasteiger partial charge in [0.2, 0.25) is 10.0 Å². The monoisotopic (exact) mass is 305 g/mol. The molecule has 0 heterocycles. The standard InChI is InChI=1S/C12H16FNO5S/c1-8(7-19-3)14(2)20(17,18)11-6-9(13)4-5-10(11)12(15)16/h4-6,8H,7H2,1-3H3,(H,15,16). The molecule has 0 aliphatic carbocycles. The predicted molar refractivity (Wildman–Crippen MR) is 69.6 cm³/mol. The van der Waals surface area contributed by atoms with Crippen molar-refractivity contribution < 1.29 is 27.4 Å². The normalized spacial score (nSPS) is 13.4. The molecule has 1 unspecified atom stereocenters. The summed E-state index contributed by atoms with van der Waals surface area (Å²) in [6, 6.07) is 2.02. The van der Waals surface area contributed by atoms with Crippen molar-refractivity contribution in [3.63, 3.8) is 0 Å². The van der Waals surface area contributed by atoms with Crippen LogP contribution < -0.4 is 0 Å². The van der Waals surface area contributed by atoms with Crippen LogP contribution in [-0.2, 0) is 14.8 Å². The number of carboxylic acid groups (broad SMARTS) is 1. The molecule has 0 aliphatic rings. The van der Waals surface area contributed by atoms with Crippen molar-refractivity contribution in [2.24, 2.45) is 0 Å². The van der Waals surface area contributed by atoms with Crippen LogP contribution in [0, 0.1) is 5.82 Å². The number of benzene rings is 1. The zero-order valence-corrected chi connectivity index (χ0v) is 12.1. The van der Waals surface area contributed by atoms with Crippen molar-refractivity contribution in [1.82, 2.24) is 4.31 Å². The Morgan fingerprint density at radius 2 is 2.10 bits per heavy atom. The maximum atomic E-state index is 13.3. The first kappa shape index (κ1) is 16.5. The molecule has 112 valence electrons. The van der Waals surface area contributed by atoms with E-state index in [4.69, 9.17) is 9.84 Å². The summed E-state index contributed by atoms with van der Waals surface area (Å²) in [7, 11) is -1.42. The van der Waals surface area contributed by atoms with Gasteiger partial charge in [-0.25, -0.2) is 17.6 Å². The highest BCUT2D eigenvalue weighted by atomic mass is 32.2. The smallest absolute Gasteiger partial charge is 0.337 e. The van der Waals surface area contributed by atoms with E-state index in [2.05, 4.69) is 0 Å². The fourth-order valence-electron chi connectivity index (χ4n) is 1.62. The van der Waals surface area contributed by atoms with Gasteiger partial charge in [-0.1, -0.05) is 0 Å². The number of hydrogen-bond acceptors (Lipinski definition) is 4. The van der Waals surface area contributed by atoms with Crippen LogP contribution >= 0.6 is 0 Å². The van der Waals surface area contributed by atoms with E-state index in [9.17, 15) is 17.6 Å². The molecule has 1 N–H and O–H groups in total. The zero-order valence-electron chi connectivity index (χ0n) is 11.3. The van der Waals surface area contributed by atoms with Crippen LogP contribution in [0.15, 0.2) is 23.1 Å². The van der Waals surface area contributed by atoms with Gasteiger partial charge in [0.15, 0.2) is 0 Å². The average molecular weight is 305 g/mol. The first-order valence-corrected chi connectivity index (χ1v) is 7.15. The van der Waals surface area contributed by atoms with Crippen molar-refractivity contribution in [3.05, 3.63) is 29.6 Å². The van der Waals surface area contributed by atoms with Crippen molar-refractivity contribution >= 4 is 16.0 Å². The molecule has 0 aliphatic heterocycles. The van der Waals surface area contributed by atoms with Gasteiger partial charge in [-0.05, 0) is 25.1 Å². The van der Waals surface area contributed by atoms with Gasteiger partial charge >= 0.3 is 5.97 Å². The number of ether oxygens (including phenoxy) is 1. The molecule has 1 atom stereocenters. The molecule has 0 saturated carbocycles. The minimum Gasteiger partial charge on any atom is -0.478 e. The highest BCUT2D eigenvalue weighted by Gasteiger charge is 2.30. The van der Waals surface area contributed by atoms with Gasteiger partial charge < -0.3 is 9.84 Å². The predicted octanol–water partition coefficient (Wildman–Crippen LogP) is 1.18. The Hall–Kier alpha value is -1.51. The molecule has 6 nitrogen and oxygen atoms in total. The summed E-state index contributed by atoms with van der Waals surface area (Å²) in [5, 5.41) is 9.01. The van der Waals surface area contributed by atoms with Gasteiger partial charge in [-0.3, -0.25) is 0 Å². The quantitative estimate of drug-likeness (QED) is 0.853. The Morgan fingerprint density at radius 3 is 2.60 bits per heavy atom. The number of carbonyl (C=O) groups is 1. The lowest BCUT2D eigenvalue weighted by Crippen LogP contribution is -2.38. The molecule has 1 aromatic rings. The molecule has 0 radical (unpaired) electrons. The van der Waals surface area contributed by atoms with Crippen LogP contribution in [0.2, 0.25) is 0 Å². The fourth-order valence-corrected chi connectivity index (χ4v) is 3.16. The molecule has 0 saturated heterocycles. The average Bonchev–Trinajstić information content (AvgIpc) is 2.37. The number of rotatable bonds is 6. The summed E-state index contributed by atoms with van der Waals surface area (Å²) in [6.07, 6.45) is 0. The summed E-state index contributed by atoms with van der Waals surface area (Å²) in [6.45, 7) is 1.73. The number of aromatic carboxylic acids is 1. The summed E-state index contributed by atoms with van der Waals surface area (Å²) in [4.78, 5) is 10.5. The van der Waals surface area contributed by atoms with Gasteiger partial charge in [-0.2, -0.15) is 4.31 Å². The summed E-state index contributed by atoms with van der Waals surface area (Å²) in [5.41, 5.74) is -0.470. The summed E-state index contributed by atoms with van der Waals surface area (Å²) >= 11 is 0. The van der Waals surface area contributed by atoms with Crippen molar-refractivity contribution in [1.29, 1.82) is 0 Å². The van der Waals surface area contributed by atoms with Gasteiger partial charge in [0.05, 0.1) is 17.1 Å². The van der Waals surface area contributed by atoms with E-state index in [-0.39, 0.29) is 6.61 Å². The third kappa shape index (κ3) is 3.33. The Morgan fingerprint density at radius 1 is 1.50 bits per heavy atom. The number of hydrogen-bond donors (Lipinski definition) is 1. The summed E-state index contributed by atoms with van der Waals surface area (Å²) < 4.78 is 43.8. The highest BCUT2D eigenvalue weighted by molar-refractivity contribution is 7.89. The van der Waals surface area contributed by atoms with E-state index in [0.29, 0.717) is 6.07 Å². The Labute approximate surface area is 116 Å². The first-order chi connectivity index (χ1) is 9.21. The zero-order chi connectivity index (χ0) is 15.5. The second kappa shape index (κ2) is 6.29. The van der Waals surface area contributed by atoms with Crippen molar-refractivity contribution in [3.8, 4) is 0 Å². The van der Waals surface area contributed by atoms with Crippen LogP contribution in [-0.4, -0.2) is 50.6 Å². The minimum atomic E-state index is -4.13. The largest absolute Gasteiger partial charge is 0.478 e. The fraction of sp³-hybridized carbons (Fsp3) is 0.417. The molecule has 0 bridgehead atoms. The number of sulfonamides is 1. The molecule has 0 amide bonds. The third-order valence-electron chi connectivity index (χ3n) is 2.86. The molecular weight excluding hydrogens is 289 g/mol. The maximum absolute atomic E-state index is 13.3. The third-order valence-corrected chi connectivity index (χ3v) is 4.87. The molecule has 8 heteroatoms. The summed E-state index contributed by atoms with van der Waals surface area (Å²) in [5.74, 6) is -2.25. The first-order valence-electron chi connectivity index (χ1n) is 5.71. The molecule has 20 heavy (non-hydrogen) atoms. The number of methoxy groups -OCH3 is 1. The number of nitrogens with zero attached hydrogens (tertiary/aromatic N) is 1. The lowest BCUT2D eigenvalue weighted by molar-refractivity contribution is 0.0692. The van der Waals surface area contributed by atoms with Crippen LogP contribution in [0.5, 0.6) is 0 Å². The van der Waals surface area contributed by atoms with Crippen molar-refractivity contribution in [2.75, 3.05) is 20.8 Å². The molecular formula is C12H16FNO5S. The number of likely N-dealkylation sites (N-methyl/N-ethyl adjacent to an activating group) is 1. The molecule has 1 aromatic carbocycles. The van der Waals surface area contributed by atoms with Gasteiger partial charge in [0.1, 0.15) is 5.82 Å². The number of halogens is 1. The van der Waals surface area contributed by atoms with Gasteiger partial charge in [-0.15, -0.1) is 0 Å². The van der Waals surface area contributed by atoms with Crippen LogP contribution in [0.25, 0.3) is 0 Å². The molecule has 0 fully saturated rings. The van der Waals surface area contributed by atoms with Crippen LogP contribution in [0.3, 0.4) is 0 Å². The molecule has 0 aromatic heterocycles. The second-order valence-electron chi connectivity index (χ2n) is 4.27. The van der Waals surface area contributed by atoms with E-state index in [1.165, 1.54) is 14.2 Å². The maximum Gasteiger partial charge on any atom is 0.337 e. The van der Waals surface area contributed by atoms with Gasteiger partial charge in [0.25, 0.3) is 0 Å². The van der Waals surface area contributed by atoms with Crippen molar-refractivity contribution in [2.45, 2.75) is 17.9 Å². The lowest BCUT2D eigenvalue weighted by Gasteiger charge is -2.24. The van der Waals surface area contributed by atoms with E-state index in [1.807, 2.05) is 0 Å². The Kier molecular flexibility index (Phi) is 5.21. The SMILES string of the molecule is COCC(C)N(C)S(=O)(=O)c1cc(F)ccc1C(=O)O. The van der Waals surface area contributed by atoms with Gasteiger partial charge in [0, 0.05) is 20.2 Å². The van der Waals surface area contributed by atoms with E-state index < -0.39 is 38.3 Å². The van der Waals surface area contributed by atoms with E-state index in [0.717, 1.165) is 16.4 Å². The molecule has 1 rings (SSSR count). The topological polar surface area (TPSA) is 83.9 Å². The Balaban J connectivity index is 3.34. The lowest BCUT2D eigenvalue weighted by atomic mass is 10.2. The molecule has 0 spiro atoms. The second-order valence-corrected chi connectivity index (χ2v) is 6.24.